The van der Waals surface area contributed by atoms with E-state index in [1.54, 1.807) is 11.8 Å². The van der Waals surface area contributed by atoms with E-state index in [-0.39, 0.29) is 70.0 Å². The van der Waals surface area contributed by atoms with Crippen LogP contribution in [0.25, 0.3) is 0 Å². The molecule has 4 heterocycles. The molecule has 7 atom stereocenters. The lowest BCUT2D eigenvalue weighted by atomic mass is 9.68. The Bertz CT molecular complexity index is 1720. The number of ether oxygens (including phenoxy) is 2. The van der Waals surface area contributed by atoms with E-state index in [0.717, 1.165) is 54.2 Å². The van der Waals surface area contributed by atoms with Crippen LogP contribution in [-0.4, -0.2) is 59.2 Å². The van der Waals surface area contributed by atoms with Gasteiger partial charge in [0.2, 0.25) is 11.8 Å². The van der Waals surface area contributed by atoms with Gasteiger partial charge in [-0.25, -0.2) is 0 Å². The molecule has 2 saturated carbocycles. The number of nitrogens with zero attached hydrogens (tertiary/aromatic N) is 2. The number of benzene rings is 2. The molecule has 4 fully saturated rings. The number of hydrogen-bond donors (Lipinski definition) is 1. The molecule has 3 aromatic rings. The summed E-state index contributed by atoms with van der Waals surface area (Å²) in [6, 6.07) is 15.1. The molecule has 3 aliphatic heterocycles. The monoisotopic (exact) mass is 645 g/mol. The highest BCUT2D eigenvalue weighted by molar-refractivity contribution is 8.00. The Kier molecular flexibility index (Phi) is 7.28. The normalized spacial score (nSPS) is 29.8. The molecular formula is C34H35N3O6S2. The summed E-state index contributed by atoms with van der Waals surface area (Å²) in [4.78, 5) is 60.5. The van der Waals surface area contributed by atoms with E-state index < -0.39 is 0 Å². The zero-order valence-corrected chi connectivity index (χ0v) is 26.6. The van der Waals surface area contributed by atoms with E-state index in [4.69, 9.17) is 9.47 Å². The first-order valence-corrected chi connectivity index (χ1v) is 17.6. The van der Waals surface area contributed by atoms with E-state index in [0.29, 0.717) is 23.8 Å². The van der Waals surface area contributed by atoms with Crippen LogP contribution in [0.3, 0.4) is 0 Å². The molecule has 2 aliphatic carbocycles. The van der Waals surface area contributed by atoms with Crippen LogP contribution >= 0.6 is 23.1 Å². The molecule has 11 heteroatoms. The molecule has 0 unspecified atom stereocenters. The number of anilines is 1. The summed E-state index contributed by atoms with van der Waals surface area (Å²) in [6.07, 6.45) is 4.02. The highest BCUT2D eigenvalue weighted by Crippen LogP contribution is 2.68. The number of rotatable bonds is 7. The lowest BCUT2D eigenvalue weighted by Gasteiger charge is -2.43. The Morgan fingerprint density at radius 1 is 0.933 bits per heavy atom. The molecule has 5 aliphatic rings. The van der Waals surface area contributed by atoms with Gasteiger partial charge in [-0.3, -0.25) is 24.1 Å². The Balaban J connectivity index is 1.13. The summed E-state index contributed by atoms with van der Waals surface area (Å²) in [5.41, 5.74) is 1.62. The fraction of sp³-hybridized carbons (Fsp3) is 0.471. The average Bonchev–Trinajstić information content (AvgIpc) is 3.80. The smallest absolute Gasteiger partial charge is 0.305 e. The summed E-state index contributed by atoms with van der Waals surface area (Å²) < 4.78 is 12.1. The number of aromatic amines is 1. The molecule has 2 aromatic carbocycles. The molecule has 1 N–H and O–H groups in total. The fourth-order valence-corrected chi connectivity index (χ4v) is 11.6. The molecular weight excluding hydrogens is 611 g/mol. The molecule has 2 bridgehead atoms. The second kappa shape index (κ2) is 11.3. The number of carbonyl (C=O) groups excluding carboxylic acids is 3. The van der Waals surface area contributed by atoms with Gasteiger partial charge in [0, 0.05) is 29.1 Å². The first-order chi connectivity index (χ1) is 21.9. The van der Waals surface area contributed by atoms with E-state index in [1.165, 1.54) is 16.2 Å². The minimum Gasteiger partial charge on any atom is -0.490 e. The van der Waals surface area contributed by atoms with Crippen LogP contribution in [0.5, 0.6) is 11.5 Å². The van der Waals surface area contributed by atoms with Crippen LogP contribution < -0.4 is 19.2 Å². The van der Waals surface area contributed by atoms with Crippen molar-refractivity contribution >= 4 is 46.5 Å². The van der Waals surface area contributed by atoms with Crippen molar-refractivity contribution in [1.82, 2.24) is 9.88 Å². The van der Waals surface area contributed by atoms with Crippen LogP contribution in [0.4, 0.5) is 5.69 Å². The predicted molar refractivity (Wildman–Crippen MR) is 171 cm³/mol. The number of carbonyl (C=O) groups is 3. The zero-order valence-electron chi connectivity index (χ0n) is 25.0. The first-order valence-electron chi connectivity index (χ1n) is 15.9. The van der Waals surface area contributed by atoms with Gasteiger partial charge in [0.15, 0.2) is 18.1 Å². The number of thiazole rings is 1. The Hall–Kier alpha value is -3.57. The van der Waals surface area contributed by atoms with Gasteiger partial charge in [-0.15, -0.1) is 11.8 Å². The van der Waals surface area contributed by atoms with Crippen molar-refractivity contribution in [2.24, 2.45) is 29.6 Å². The quantitative estimate of drug-likeness (QED) is 0.364. The van der Waals surface area contributed by atoms with E-state index in [9.17, 15) is 19.2 Å². The van der Waals surface area contributed by atoms with E-state index >= 15 is 0 Å². The number of para-hydroxylation sites is 1. The van der Waals surface area contributed by atoms with Crippen molar-refractivity contribution < 1.29 is 23.9 Å². The van der Waals surface area contributed by atoms with Crippen LogP contribution in [0.2, 0.25) is 0 Å². The number of aromatic nitrogens is 1. The number of nitrogens with one attached hydrogen (secondary N) is 1. The van der Waals surface area contributed by atoms with Gasteiger partial charge in [0.05, 0.1) is 29.2 Å². The number of piperidine rings is 1. The van der Waals surface area contributed by atoms with Crippen molar-refractivity contribution in [3.63, 3.8) is 0 Å². The number of imide groups is 1. The minimum absolute atomic E-state index is 0.0200. The van der Waals surface area contributed by atoms with Gasteiger partial charge in [-0.05, 0) is 80.2 Å². The summed E-state index contributed by atoms with van der Waals surface area (Å²) in [5, 5.41) is 0.961. The fourth-order valence-electron chi connectivity index (χ4n) is 8.70. The number of amides is 3. The lowest BCUT2D eigenvalue weighted by Crippen LogP contribution is -2.42. The molecule has 9 nitrogen and oxygen atoms in total. The minimum atomic E-state index is -0.362. The Labute approximate surface area is 269 Å². The molecule has 45 heavy (non-hydrogen) atoms. The molecule has 8 rings (SSSR count). The maximum Gasteiger partial charge on any atom is 0.305 e. The molecule has 0 spiro atoms. The summed E-state index contributed by atoms with van der Waals surface area (Å²) in [5.74, 6) is 0.169. The zero-order chi connectivity index (χ0) is 30.8. The number of H-pyrrole nitrogens is 1. The van der Waals surface area contributed by atoms with Crippen LogP contribution in [0, 0.1) is 29.6 Å². The average molecular weight is 646 g/mol. The molecule has 2 saturated heterocycles. The van der Waals surface area contributed by atoms with Gasteiger partial charge in [-0.2, -0.15) is 0 Å². The SMILES string of the molecule is CCOc1cc([C@@H]2c3sc(=O)[nH]c3S[C@@H]3[C@@H]4C[C@@H]([C@@H]5C(=O)N(c6ccccc6)C(=O)[C@@H]45)[C@H]23)ccc1OCC(=O)N1CCCCC1. The highest BCUT2D eigenvalue weighted by atomic mass is 32.2. The van der Waals surface area contributed by atoms with Crippen molar-refractivity contribution in [2.45, 2.75) is 48.8 Å². The molecule has 3 amide bonds. The van der Waals surface area contributed by atoms with Crippen molar-refractivity contribution in [2.75, 3.05) is 31.2 Å². The lowest BCUT2D eigenvalue weighted by molar-refractivity contribution is -0.134. The van der Waals surface area contributed by atoms with Gasteiger partial charge in [-0.1, -0.05) is 35.6 Å². The first kappa shape index (κ1) is 28.9. The second-order valence-corrected chi connectivity index (χ2v) is 14.9. The predicted octanol–water partition coefficient (Wildman–Crippen LogP) is 4.90. The maximum absolute atomic E-state index is 14.0. The van der Waals surface area contributed by atoms with Gasteiger partial charge < -0.3 is 19.4 Å². The van der Waals surface area contributed by atoms with Crippen molar-refractivity contribution in [3.05, 3.63) is 68.6 Å². The second-order valence-electron chi connectivity index (χ2n) is 12.7. The molecule has 1 aromatic heterocycles. The third-order valence-corrected chi connectivity index (χ3v) is 13.0. The maximum atomic E-state index is 14.0. The molecule has 234 valence electrons. The summed E-state index contributed by atoms with van der Waals surface area (Å²) >= 11 is 2.91. The van der Waals surface area contributed by atoms with E-state index in [1.807, 2.05) is 60.4 Å². The largest absolute Gasteiger partial charge is 0.490 e. The molecule has 0 radical (unpaired) electrons. The number of fused-ring (bicyclic) bond motifs is 9. The standard InChI is InChI=1S/C34H35N3O6S2/c1-2-42-23-15-18(11-12-22(23)43-17-24(38)36-13-7-4-8-14-36)25-26-20-16-21(29(26)44-31-30(25)45-34(41)35-31)28-27(20)32(39)37(33(28)40)19-9-5-3-6-10-19/h3,5-6,9-12,15,20-21,25-29H,2,4,7-8,13-14,16-17H2,1H3,(H,35,41)/t20-,21-,25+,26-,27+,28+,29-/m1/s1. The number of thioether (sulfide) groups is 1. The van der Waals surface area contributed by atoms with Crippen molar-refractivity contribution in [1.29, 1.82) is 0 Å². The Morgan fingerprint density at radius 2 is 1.69 bits per heavy atom. The van der Waals surface area contributed by atoms with Crippen LogP contribution in [0.15, 0.2) is 58.4 Å². The Morgan fingerprint density at radius 3 is 2.44 bits per heavy atom. The van der Waals surface area contributed by atoms with Crippen LogP contribution in [0.1, 0.15) is 49.0 Å². The number of likely N-dealkylation sites (tertiary alicyclic amines) is 1. The third-order valence-electron chi connectivity index (χ3n) is 10.4. The summed E-state index contributed by atoms with van der Waals surface area (Å²) in [7, 11) is 0. The summed E-state index contributed by atoms with van der Waals surface area (Å²) in [6.45, 7) is 3.83. The van der Waals surface area contributed by atoms with Gasteiger partial charge in [0.25, 0.3) is 5.91 Å². The number of hydrogen-bond acceptors (Lipinski definition) is 8. The van der Waals surface area contributed by atoms with Crippen molar-refractivity contribution in [3.8, 4) is 11.5 Å². The topological polar surface area (TPSA) is 109 Å². The van der Waals surface area contributed by atoms with Crippen LogP contribution in [-0.2, 0) is 14.4 Å². The van der Waals surface area contributed by atoms with Gasteiger partial charge >= 0.3 is 4.87 Å². The van der Waals surface area contributed by atoms with E-state index in [2.05, 4.69) is 4.98 Å². The highest BCUT2D eigenvalue weighted by Gasteiger charge is 2.69. The third kappa shape index (κ3) is 4.64. The van der Waals surface area contributed by atoms with Gasteiger partial charge in [0.1, 0.15) is 0 Å².